The second-order valence-electron chi connectivity index (χ2n) is 5.88. The topological polar surface area (TPSA) is 43.0 Å². The molecule has 0 amide bonds. The summed E-state index contributed by atoms with van der Waals surface area (Å²) in [6, 6.07) is 3.07. The van der Waals surface area contributed by atoms with E-state index in [1.807, 2.05) is 0 Å². The normalized spacial score (nSPS) is 17.2. The van der Waals surface area contributed by atoms with Crippen molar-refractivity contribution in [2.24, 2.45) is 0 Å². The lowest BCUT2D eigenvalue weighted by atomic mass is 9.97. The van der Waals surface area contributed by atoms with Crippen LogP contribution in [0.2, 0.25) is 0 Å². The van der Waals surface area contributed by atoms with Gasteiger partial charge in [-0.05, 0) is 18.6 Å². The first-order valence-electron chi connectivity index (χ1n) is 8.21. The van der Waals surface area contributed by atoms with Gasteiger partial charge in [0.2, 0.25) is 5.75 Å². The molecule has 1 saturated heterocycles. The fourth-order valence-electron chi connectivity index (χ4n) is 3.22. The van der Waals surface area contributed by atoms with Crippen LogP contribution < -0.4 is 19.5 Å². The van der Waals surface area contributed by atoms with Gasteiger partial charge in [-0.15, -0.1) is 0 Å². The summed E-state index contributed by atoms with van der Waals surface area (Å²) in [7, 11) is 4.48. The van der Waals surface area contributed by atoms with E-state index in [1.54, 1.807) is 12.1 Å². The van der Waals surface area contributed by atoms with Gasteiger partial charge < -0.3 is 19.5 Å². The summed E-state index contributed by atoms with van der Waals surface area (Å²) >= 11 is 0. The summed E-state index contributed by atoms with van der Waals surface area (Å²) in [5.41, 5.74) is 0.686. The van der Waals surface area contributed by atoms with Gasteiger partial charge in [0, 0.05) is 44.2 Å². The summed E-state index contributed by atoms with van der Waals surface area (Å²) in [5.74, 6) is 1.31. The minimum Gasteiger partial charge on any atom is -0.493 e. The molecule has 1 atom stereocenters. The first-order valence-corrected chi connectivity index (χ1v) is 8.21. The molecular weight excluding hydrogens is 337 g/mol. The van der Waals surface area contributed by atoms with Crippen molar-refractivity contribution in [3.63, 3.8) is 0 Å². The maximum atomic E-state index is 12.8. The molecule has 1 aromatic carbocycles. The average Bonchev–Trinajstić information content (AvgIpc) is 2.61. The van der Waals surface area contributed by atoms with E-state index in [0.717, 1.165) is 13.1 Å². The lowest BCUT2D eigenvalue weighted by Gasteiger charge is -2.36. The van der Waals surface area contributed by atoms with Crippen molar-refractivity contribution in [2.45, 2.75) is 25.1 Å². The third-order valence-electron chi connectivity index (χ3n) is 4.39. The number of ether oxygens (including phenoxy) is 3. The largest absolute Gasteiger partial charge is 0.493 e. The lowest BCUT2D eigenvalue weighted by Crippen LogP contribution is -2.45. The summed E-state index contributed by atoms with van der Waals surface area (Å²) in [6.07, 6.45) is -5.08. The highest BCUT2D eigenvalue weighted by molar-refractivity contribution is 5.56. The number of hydrogen-bond donors (Lipinski definition) is 1. The second kappa shape index (κ2) is 8.62. The zero-order valence-corrected chi connectivity index (χ0v) is 14.8. The molecule has 0 unspecified atom stereocenters. The molecule has 8 heteroatoms. The van der Waals surface area contributed by atoms with Crippen molar-refractivity contribution >= 4 is 0 Å². The minimum absolute atomic E-state index is 0.0324. The Balaban J connectivity index is 2.41. The molecule has 0 bridgehead atoms. The van der Waals surface area contributed by atoms with E-state index in [9.17, 15) is 13.2 Å². The molecule has 25 heavy (non-hydrogen) atoms. The zero-order chi connectivity index (χ0) is 18.4. The van der Waals surface area contributed by atoms with E-state index in [4.69, 9.17) is 14.2 Å². The van der Waals surface area contributed by atoms with Crippen LogP contribution in [0.4, 0.5) is 13.2 Å². The van der Waals surface area contributed by atoms with E-state index in [1.165, 1.54) is 21.3 Å². The Morgan fingerprint density at radius 1 is 1.04 bits per heavy atom. The van der Waals surface area contributed by atoms with Gasteiger partial charge in [-0.3, -0.25) is 4.90 Å². The van der Waals surface area contributed by atoms with Crippen LogP contribution in [-0.4, -0.2) is 58.6 Å². The third-order valence-corrected chi connectivity index (χ3v) is 4.39. The van der Waals surface area contributed by atoms with Crippen LogP contribution in [0, 0.1) is 0 Å². The fraction of sp³-hybridized carbons (Fsp3) is 0.647. The summed E-state index contributed by atoms with van der Waals surface area (Å²) < 4.78 is 54.6. The molecule has 0 aliphatic carbocycles. The number of piperazine rings is 1. The standard InChI is InChI=1S/C17H25F3N2O3/c1-23-14-5-4-12(15(24-2)16(14)25-3)13(6-7-17(18,19)20)22-10-8-21-9-11-22/h4-5,13,21H,6-11H2,1-3H3/t13-/m1/s1. The smallest absolute Gasteiger partial charge is 0.389 e. The van der Waals surface area contributed by atoms with Gasteiger partial charge in [0.15, 0.2) is 11.5 Å². The molecule has 1 fully saturated rings. The van der Waals surface area contributed by atoms with Crippen molar-refractivity contribution in [2.75, 3.05) is 47.5 Å². The number of hydrogen-bond acceptors (Lipinski definition) is 5. The predicted molar refractivity (Wildman–Crippen MR) is 88.6 cm³/mol. The molecule has 1 aliphatic rings. The van der Waals surface area contributed by atoms with E-state index < -0.39 is 18.6 Å². The van der Waals surface area contributed by atoms with Crippen LogP contribution in [0.3, 0.4) is 0 Å². The fourth-order valence-corrected chi connectivity index (χ4v) is 3.22. The number of rotatable bonds is 7. The molecule has 1 heterocycles. The number of nitrogens with zero attached hydrogens (tertiary/aromatic N) is 1. The maximum absolute atomic E-state index is 12.8. The summed E-state index contributed by atoms with van der Waals surface area (Å²) in [6.45, 7) is 2.86. The van der Waals surface area contributed by atoms with Crippen molar-refractivity contribution in [3.05, 3.63) is 17.7 Å². The number of benzene rings is 1. The molecule has 0 radical (unpaired) electrons. The molecular formula is C17H25F3N2O3. The van der Waals surface area contributed by atoms with Crippen LogP contribution in [0.15, 0.2) is 12.1 Å². The van der Waals surface area contributed by atoms with E-state index >= 15 is 0 Å². The Morgan fingerprint density at radius 3 is 2.20 bits per heavy atom. The van der Waals surface area contributed by atoms with Crippen molar-refractivity contribution < 1.29 is 27.4 Å². The molecule has 1 aromatic rings. The van der Waals surface area contributed by atoms with Crippen molar-refractivity contribution in [1.82, 2.24) is 10.2 Å². The lowest BCUT2D eigenvalue weighted by molar-refractivity contribution is -0.138. The first kappa shape index (κ1) is 19.7. The zero-order valence-electron chi connectivity index (χ0n) is 14.8. The van der Waals surface area contributed by atoms with Gasteiger partial charge >= 0.3 is 6.18 Å². The van der Waals surface area contributed by atoms with Gasteiger partial charge in [0.05, 0.1) is 21.3 Å². The van der Waals surface area contributed by atoms with Crippen molar-refractivity contribution in [1.29, 1.82) is 0 Å². The Bertz CT molecular complexity index is 561. The highest BCUT2D eigenvalue weighted by atomic mass is 19.4. The van der Waals surface area contributed by atoms with Gasteiger partial charge in [-0.1, -0.05) is 0 Å². The van der Waals surface area contributed by atoms with Gasteiger partial charge in [0.25, 0.3) is 0 Å². The number of methoxy groups -OCH3 is 3. The van der Waals surface area contributed by atoms with Gasteiger partial charge in [-0.2, -0.15) is 13.2 Å². The van der Waals surface area contributed by atoms with Crippen LogP contribution in [0.5, 0.6) is 17.2 Å². The number of halogens is 3. The summed E-state index contributed by atoms with van der Waals surface area (Å²) in [5, 5.41) is 3.22. The molecule has 2 rings (SSSR count). The predicted octanol–water partition coefficient (Wildman–Crippen LogP) is 3.00. The highest BCUT2D eigenvalue weighted by Crippen LogP contribution is 2.45. The highest BCUT2D eigenvalue weighted by Gasteiger charge is 2.33. The van der Waals surface area contributed by atoms with Gasteiger partial charge in [-0.25, -0.2) is 0 Å². The molecule has 0 saturated carbocycles. The van der Waals surface area contributed by atoms with Crippen LogP contribution in [-0.2, 0) is 0 Å². The summed E-state index contributed by atoms with van der Waals surface area (Å²) in [4.78, 5) is 2.06. The number of nitrogens with one attached hydrogen (secondary N) is 1. The Morgan fingerprint density at radius 2 is 1.68 bits per heavy atom. The SMILES string of the molecule is COc1ccc([C@@H](CCC(F)(F)F)N2CCNCC2)c(OC)c1OC. The molecule has 0 aromatic heterocycles. The van der Waals surface area contributed by atoms with Crippen LogP contribution in [0.25, 0.3) is 0 Å². The van der Waals surface area contributed by atoms with E-state index in [-0.39, 0.29) is 6.42 Å². The minimum atomic E-state index is -4.20. The van der Waals surface area contributed by atoms with Crippen LogP contribution in [0.1, 0.15) is 24.4 Å². The second-order valence-corrected chi connectivity index (χ2v) is 5.88. The Labute approximate surface area is 146 Å². The van der Waals surface area contributed by atoms with Gasteiger partial charge in [0.1, 0.15) is 0 Å². The monoisotopic (exact) mass is 362 g/mol. The van der Waals surface area contributed by atoms with E-state index in [0.29, 0.717) is 35.9 Å². The Kier molecular flexibility index (Phi) is 6.78. The molecule has 5 nitrogen and oxygen atoms in total. The van der Waals surface area contributed by atoms with Crippen molar-refractivity contribution in [3.8, 4) is 17.2 Å². The maximum Gasteiger partial charge on any atom is 0.389 e. The Hall–Kier alpha value is -1.67. The third kappa shape index (κ3) is 4.92. The van der Waals surface area contributed by atoms with Crippen LogP contribution >= 0.6 is 0 Å². The molecule has 1 aliphatic heterocycles. The first-order chi connectivity index (χ1) is 11.9. The molecule has 0 spiro atoms. The average molecular weight is 362 g/mol. The van der Waals surface area contributed by atoms with E-state index in [2.05, 4.69) is 10.2 Å². The molecule has 142 valence electrons. The molecule has 1 N–H and O–H groups in total. The number of alkyl halides is 3. The quantitative estimate of drug-likeness (QED) is 0.808.